The second-order valence-electron chi connectivity index (χ2n) is 6.90. The number of hydrogen-bond donors (Lipinski definition) is 2. The summed E-state index contributed by atoms with van der Waals surface area (Å²) in [5.74, 6) is 0.882. The highest BCUT2D eigenvalue weighted by atomic mass is 16.5. The average Bonchev–Trinajstić information content (AvgIpc) is 2.52. The van der Waals surface area contributed by atoms with E-state index in [1.807, 2.05) is 0 Å². The zero-order valence-electron chi connectivity index (χ0n) is 13.6. The third-order valence-corrected chi connectivity index (χ3v) is 5.19. The molecule has 2 saturated heterocycles. The van der Waals surface area contributed by atoms with Crippen molar-refractivity contribution in [1.82, 2.24) is 10.2 Å². The lowest BCUT2D eigenvalue weighted by Gasteiger charge is -2.37. The second kappa shape index (κ2) is 7.56. The van der Waals surface area contributed by atoms with E-state index in [2.05, 4.69) is 24.1 Å². The lowest BCUT2D eigenvalue weighted by atomic mass is 9.79. The molecule has 0 aromatic carbocycles. The zero-order chi connectivity index (χ0) is 15.3. The Kier molecular flexibility index (Phi) is 6.02. The highest BCUT2D eigenvalue weighted by Crippen LogP contribution is 2.29. The van der Waals surface area contributed by atoms with E-state index in [0.717, 1.165) is 31.8 Å². The third-order valence-electron chi connectivity index (χ3n) is 5.19. The van der Waals surface area contributed by atoms with Crippen LogP contribution in [-0.4, -0.2) is 56.2 Å². The molecule has 2 rings (SSSR count). The Bertz CT molecular complexity index is 342. The molecule has 122 valence electrons. The summed E-state index contributed by atoms with van der Waals surface area (Å²) in [6, 6.07) is 0.395. The van der Waals surface area contributed by atoms with Crippen LogP contribution < -0.4 is 11.1 Å². The largest absolute Gasteiger partial charge is 0.381 e. The van der Waals surface area contributed by atoms with Crippen LogP contribution in [0.4, 0.5) is 0 Å². The summed E-state index contributed by atoms with van der Waals surface area (Å²) in [7, 11) is 0. The van der Waals surface area contributed by atoms with Crippen LogP contribution in [0.15, 0.2) is 0 Å². The molecule has 2 fully saturated rings. The molecule has 0 saturated carbocycles. The highest BCUT2D eigenvalue weighted by molar-refractivity contribution is 5.83. The van der Waals surface area contributed by atoms with Crippen LogP contribution in [0.25, 0.3) is 0 Å². The summed E-state index contributed by atoms with van der Waals surface area (Å²) in [6.45, 7) is 9.23. The van der Waals surface area contributed by atoms with Crippen molar-refractivity contribution in [3.05, 3.63) is 0 Å². The number of likely N-dealkylation sites (tertiary alicyclic amines) is 1. The van der Waals surface area contributed by atoms with Gasteiger partial charge in [0.2, 0.25) is 5.91 Å². The summed E-state index contributed by atoms with van der Waals surface area (Å²) >= 11 is 0. The zero-order valence-corrected chi connectivity index (χ0v) is 13.6. The molecule has 0 spiro atoms. The van der Waals surface area contributed by atoms with Gasteiger partial charge in [0.05, 0.1) is 5.41 Å². The summed E-state index contributed by atoms with van der Waals surface area (Å²) in [5, 5.41) is 3.14. The fraction of sp³-hybridized carbons (Fsp3) is 0.938. The number of ether oxygens (including phenoxy) is 1. The van der Waals surface area contributed by atoms with E-state index in [1.165, 1.54) is 12.8 Å². The van der Waals surface area contributed by atoms with Crippen LogP contribution in [0.5, 0.6) is 0 Å². The van der Waals surface area contributed by atoms with Crippen molar-refractivity contribution in [3.63, 3.8) is 0 Å². The molecule has 2 aliphatic heterocycles. The molecule has 2 heterocycles. The van der Waals surface area contributed by atoms with Gasteiger partial charge >= 0.3 is 0 Å². The van der Waals surface area contributed by atoms with Crippen LogP contribution in [0.2, 0.25) is 0 Å². The van der Waals surface area contributed by atoms with E-state index < -0.39 is 5.41 Å². The first-order chi connectivity index (χ1) is 10.1. The molecule has 5 heteroatoms. The Morgan fingerprint density at radius 2 is 2.19 bits per heavy atom. The fourth-order valence-corrected chi connectivity index (χ4v) is 3.47. The Balaban J connectivity index is 1.82. The van der Waals surface area contributed by atoms with Crippen molar-refractivity contribution in [2.45, 2.75) is 45.6 Å². The van der Waals surface area contributed by atoms with Crippen LogP contribution in [-0.2, 0) is 9.53 Å². The van der Waals surface area contributed by atoms with E-state index in [-0.39, 0.29) is 5.91 Å². The van der Waals surface area contributed by atoms with E-state index in [9.17, 15) is 4.79 Å². The maximum Gasteiger partial charge on any atom is 0.227 e. The van der Waals surface area contributed by atoms with Gasteiger partial charge in [-0.1, -0.05) is 6.92 Å². The minimum Gasteiger partial charge on any atom is -0.381 e. The molecule has 2 unspecified atom stereocenters. The van der Waals surface area contributed by atoms with Crippen LogP contribution in [0.3, 0.4) is 0 Å². The Labute approximate surface area is 128 Å². The minimum atomic E-state index is -0.410. The van der Waals surface area contributed by atoms with Gasteiger partial charge in [-0.15, -0.1) is 0 Å². The monoisotopic (exact) mass is 297 g/mol. The van der Waals surface area contributed by atoms with E-state index >= 15 is 0 Å². The van der Waals surface area contributed by atoms with Gasteiger partial charge in [0.25, 0.3) is 0 Å². The van der Waals surface area contributed by atoms with Crippen molar-refractivity contribution in [3.8, 4) is 0 Å². The smallest absolute Gasteiger partial charge is 0.227 e. The van der Waals surface area contributed by atoms with Gasteiger partial charge in [-0.05, 0) is 45.1 Å². The number of piperidine rings is 1. The van der Waals surface area contributed by atoms with Crippen LogP contribution >= 0.6 is 0 Å². The quantitative estimate of drug-likeness (QED) is 0.794. The molecule has 0 aliphatic carbocycles. The van der Waals surface area contributed by atoms with Gasteiger partial charge in [-0.2, -0.15) is 0 Å². The summed E-state index contributed by atoms with van der Waals surface area (Å²) < 4.78 is 5.37. The lowest BCUT2D eigenvalue weighted by Crippen LogP contribution is -2.52. The van der Waals surface area contributed by atoms with Gasteiger partial charge in [0, 0.05) is 38.9 Å². The summed E-state index contributed by atoms with van der Waals surface area (Å²) in [6.07, 6.45) is 4.07. The molecule has 2 aliphatic rings. The fourth-order valence-electron chi connectivity index (χ4n) is 3.47. The lowest BCUT2D eigenvalue weighted by molar-refractivity contribution is -0.136. The van der Waals surface area contributed by atoms with Gasteiger partial charge < -0.3 is 15.8 Å². The van der Waals surface area contributed by atoms with Crippen molar-refractivity contribution in [2.24, 2.45) is 17.1 Å². The van der Waals surface area contributed by atoms with Gasteiger partial charge in [0.15, 0.2) is 0 Å². The number of carbonyl (C=O) groups excluding carboxylic acids is 1. The first kappa shape index (κ1) is 16.7. The molecule has 0 radical (unpaired) electrons. The normalized spacial score (nSPS) is 28.0. The van der Waals surface area contributed by atoms with Crippen molar-refractivity contribution in [2.75, 3.05) is 39.4 Å². The number of rotatable bonds is 5. The van der Waals surface area contributed by atoms with Crippen molar-refractivity contribution < 1.29 is 9.53 Å². The number of nitrogens with zero attached hydrogens (tertiary/aromatic N) is 1. The number of amides is 1. The molecule has 2 atom stereocenters. The molecular formula is C16H31N3O2. The predicted octanol–water partition coefficient (Wildman–Crippen LogP) is 0.979. The predicted molar refractivity (Wildman–Crippen MR) is 84.0 cm³/mol. The second-order valence-corrected chi connectivity index (χ2v) is 6.90. The van der Waals surface area contributed by atoms with E-state index in [0.29, 0.717) is 32.3 Å². The maximum atomic E-state index is 12.5. The minimum absolute atomic E-state index is 0.116. The Morgan fingerprint density at radius 3 is 2.81 bits per heavy atom. The molecule has 5 nitrogen and oxygen atoms in total. The summed E-state index contributed by atoms with van der Waals surface area (Å²) in [4.78, 5) is 15.0. The maximum absolute atomic E-state index is 12.5. The Morgan fingerprint density at radius 1 is 1.48 bits per heavy atom. The molecule has 0 bridgehead atoms. The molecule has 1 amide bonds. The number of carbonyl (C=O) groups is 1. The molecule has 0 aromatic rings. The van der Waals surface area contributed by atoms with Gasteiger partial charge in [0.1, 0.15) is 0 Å². The molecule has 3 N–H and O–H groups in total. The number of nitrogens with one attached hydrogen (secondary N) is 1. The molecular weight excluding hydrogens is 266 g/mol. The van der Waals surface area contributed by atoms with Crippen molar-refractivity contribution in [1.29, 1.82) is 0 Å². The SMILES string of the molecule is CC1CCCN(C(C)CNC(=O)C2(CN)CCOCC2)C1. The Hall–Kier alpha value is -0.650. The van der Waals surface area contributed by atoms with Crippen LogP contribution in [0, 0.1) is 11.3 Å². The van der Waals surface area contributed by atoms with Crippen LogP contribution in [0.1, 0.15) is 39.5 Å². The third kappa shape index (κ3) is 4.18. The first-order valence-electron chi connectivity index (χ1n) is 8.37. The molecule has 0 aromatic heterocycles. The van der Waals surface area contributed by atoms with E-state index in [1.54, 1.807) is 0 Å². The highest BCUT2D eigenvalue weighted by Gasteiger charge is 2.38. The average molecular weight is 297 g/mol. The summed E-state index contributed by atoms with van der Waals surface area (Å²) in [5.41, 5.74) is 5.47. The van der Waals surface area contributed by atoms with Gasteiger partial charge in [-0.25, -0.2) is 0 Å². The standard InChI is InChI=1S/C16H31N3O2/c1-13-4-3-7-19(11-13)14(2)10-18-15(20)16(12-17)5-8-21-9-6-16/h13-14H,3-12,17H2,1-2H3,(H,18,20). The number of nitrogens with two attached hydrogens (primary N) is 1. The topological polar surface area (TPSA) is 67.6 Å². The molecule has 21 heavy (non-hydrogen) atoms. The van der Waals surface area contributed by atoms with E-state index in [4.69, 9.17) is 10.5 Å². The first-order valence-corrected chi connectivity index (χ1v) is 8.37. The van der Waals surface area contributed by atoms with Gasteiger partial charge in [-0.3, -0.25) is 9.69 Å². The van der Waals surface area contributed by atoms with Crippen molar-refractivity contribution >= 4 is 5.91 Å². The number of hydrogen-bond acceptors (Lipinski definition) is 4.